The lowest BCUT2D eigenvalue weighted by atomic mass is 10.3. The lowest BCUT2D eigenvalue weighted by Crippen LogP contribution is -2.00. The molecule has 86 valence electrons. The highest BCUT2D eigenvalue weighted by Crippen LogP contribution is 2.18. The molecule has 5 heteroatoms. The Morgan fingerprint density at radius 1 is 1.17 bits per heavy atom. The summed E-state index contributed by atoms with van der Waals surface area (Å²) in [5, 5.41) is 14.0. The number of fused-ring (bicyclic) bond motifs is 1. The van der Waals surface area contributed by atoms with Gasteiger partial charge in [-0.15, -0.1) is 0 Å². The minimum Gasteiger partial charge on any atom is -0.222 e. The number of hydrogen-bond donors (Lipinski definition) is 0. The molecule has 2 heterocycles. The van der Waals surface area contributed by atoms with Crippen LogP contribution in [-0.4, -0.2) is 19.7 Å². The van der Waals surface area contributed by atoms with E-state index in [4.69, 9.17) is 5.26 Å². The average molecular weight is 235 g/mol. The summed E-state index contributed by atoms with van der Waals surface area (Å²) in [5.41, 5.74) is 1.93. The highest BCUT2D eigenvalue weighted by molar-refractivity contribution is 5.81. The predicted molar refractivity (Wildman–Crippen MR) is 66.1 cm³/mol. The van der Waals surface area contributed by atoms with Gasteiger partial charge in [0.1, 0.15) is 11.9 Å². The smallest absolute Gasteiger partial charge is 0.167 e. The van der Waals surface area contributed by atoms with E-state index in [1.165, 1.54) is 0 Å². The van der Waals surface area contributed by atoms with E-state index in [9.17, 15) is 0 Å². The second-order valence-electron chi connectivity index (χ2n) is 3.86. The van der Waals surface area contributed by atoms with Crippen LogP contribution in [0.3, 0.4) is 0 Å². The van der Waals surface area contributed by atoms with Crippen molar-refractivity contribution in [2.75, 3.05) is 0 Å². The Kier molecular flexibility index (Phi) is 2.27. The number of benzene rings is 1. The van der Waals surface area contributed by atoms with Gasteiger partial charge in [0.2, 0.25) is 0 Å². The summed E-state index contributed by atoms with van der Waals surface area (Å²) >= 11 is 0. The van der Waals surface area contributed by atoms with Crippen molar-refractivity contribution in [3.8, 4) is 11.8 Å². The second-order valence-corrected chi connectivity index (χ2v) is 3.86. The summed E-state index contributed by atoms with van der Waals surface area (Å²) in [4.78, 5) is 8.46. The van der Waals surface area contributed by atoms with Crippen molar-refractivity contribution in [3.05, 3.63) is 48.0 Å². The van der Waals surface area contributed by atoms with Gasteiger partial charge in [-0.2, -0.15) is 10.4 Å². The molecular formula is C13H9N5. The maximum atomic E-state index is 9.06. The average Bonchev–Trinajstić information content (AvgIpc) is 2.82. The first-order valence-corrected chi connectivity index (χ1v) is 5.47. The molecule has 0 saturated heterocycles. The summed E-state index contributed by atoms with van der Waals surface area (Å²) in [7, 11) is 0. The maximum absolute atomic E-state index is 9.06. The molecule has 0 N–H and O–H groups in total. The van der Waals surface area contributed by atoms with Gasteiger partial charge in [-0.25, -0.2) is 14.6 Å². The number of nitrogens with zero attached hydrogens (tertiary/aromatic N) is 5. The van der Waals surface area contributed by atoms with Crippen molar-refractivity contribution < 1.29 is 0 Å². The standard InChI is InChI=1S/C13H9N5/c1-9-16-12(7-14)11-8-15-18(13(11)17-9)10-5-3-2-4-6-10/h2-6,8H,1H3. The third-order valence-corrected chi connectivity index (χ3v) is 2.65. The number of rotatable bonds is 1. The Labute approximate surface area is 103 Å². The van der Waals surface area contributed by atoms with Gasteiger partial charge >= 0.3 is 0 Å². The molecule has 0 aliphatic heterocycles. The van der Waals surface area contributed by atoms with E-state index in [2.05, 4.69) is 21.1 Å². The van der Waals surface area contributed by atoms with E-state index in [1.807, 2.05) is 30.3 Å². The molecule has 0 saturated carbocycles. The van der Waals surface area contributed by atoms with Crippen LogP contribution in [0.1, 0.15) is 11.5 Å². The summed E-state index contributed by atoms with van der Waals surface area (Å²) in [5.74, 6) is 0.566. The first-order valence-electron chi connectivity index (χ1n) is 5.47. The van der Waals surface area contributed by atoms with Gasteiger partial charge in [-0.3, -0.25) is 0 Å². The minimum absolute atomic E-state index is 0.361. The molecule has 0 radical (unpaired) electrons. The molecule has 0 aliphatic rings. The van der Waals surface area contributed by atoms with Crippen LogP contribution in [0.25, 0.3) is 16.7 Å². The summed E-state index contributed by atoms with van der Waals surface area (Å²) in [6.07, 6.45) is 1.63. The number of nitriles is 1. The zero-order chi connectivity index (χ0) is 12.5. The van der Waals surface area contributed by atoms with Crippen LogP contribution in [0.2, 0.25) is 0 Å². The number of aryl methyl sites for hydroxylation is 1. The van der Waals surface area contributed by atoms with Crippen LogP contribution in [0.5, 0.6) is 0 Å². The molecule has 0 unspecified atom stereocenters. The SMILES string of the molecule is Cc1nc(C#N)c2cnn(-c3ccccc3)c2n1. The van der Waals surface area contributed by atoms with Crippen LogP contribution in [0.4, 0.5) is 0 Å². The lowest BCUT2D eigenvalue weighted by molar-refractivity contribution is 0.889. The first-order chi connectivity index (χ1) is 8.79. The summed E-state index contributed by atoms with van der Waals surface area (Å²) in [6.45, 7) is 1.77. The summed E-state index contributed by atoms with van der Waals surface area (Å²) in [6, 6.07) is 11.8. The van der Waals surface area contributed by atoms with Crippen LogP contribution >= 0.6 is 0 Å². The van der Waals surface area contributed by atoms with E-state index >= 15 is 0 Å². The van der Waals surface area contributed by atoms with Gasteiger partial charge < -0.3 is 0 Å². The third-order valence-electron chi connectivity index (χ3n) is 2.65. The van der Waals surface area contributed by atoms with Crippen molar-refractivity contribution in [2.45, 2.75) is 6.92 Å². The van der Waals surface area contributed by atoms with Gasteiger partial charge in [0.15, 0.2) is 11.3 Å². The molecule has 0 spiro atoms. The lowest BCUT2D eigenvalue weighted by Gasteiger charge is -2.02. The number of hydrogen-bond acceptors (Lipinski definition) is 4. The molecule has 1 aromatic carbocycles. The molecule has 3 rings (SSSR count). The fourth-order valence-corrected chi connectivity index (χ4v) is 1.86. The van der Waals surface area contributed by atoms with Crippen molar-refractivity contribution >= 4 is 11.0 Å². The normalized spacial score (nSPS) is 10.4. The van der Waals surface area contributed by atoms with Crippen molar-refractivity contribution in [3.63, 3.8) is 0 Å². The minimum atomic E-state index is 0.361. The molecule has 0 amide bonds. The highest BCUT2D eigenvalue weighted by atomic mass is 15.3. The van der Waals surface area contributed by atoms with Gasteiger partial charge in [0.25, 0.3) is 0 Å². The zero-order valence-electron chi connectivity index (χ0n) is 9.70. The van der Waals surface area contributed by atoms with Crippen LogP contribution in [0, 0.1) is 18.3 Å². The van der Waals surface area contributed by atoms with Gasteiger partial charge in [-0.1, -0.05) is 18.2 Å². The van der Waals surface area contributed by atoms with Gasteiger partial charge in [0, 0.05) is 0 Å². The highest BCUT2D eigenvalue weighted by Gasteiger charge is 2.11. The molecule has 2 aromatic heterocycles. The Bertz CT molecular complexity index is 752. The van der Waals surface area contributed by atoms with E-state index < -0.39 is 0 Å². The molecule has 18 heavy (non-hydrogen) atoms. The van der Waals surface area contributed by atoms with Crippen LogP contribution in [-0.2, 0) is 0 Å². The van der Waals surface area contributed by atoms with Crippen molar-refractivity contribution in [1.29, 1.82) is 5.26 Å². The maximum Gasteiger partial charge on any atom is 0.167 e. The fourth-order valence-electron chi connectivity index (χ4n) is 1.86. The largest absolute Gasteiger partial charge is 0.222 e. The molecule has 0 bridgehead atoms. The van der Waals surface area contributed by atoms with Crippen LogP contribution < -0.4 is 0 Å². The Hall–Kier alpha value is -2.74. The molecule has 0 atom stereocenters. The third kappa shape index (κ3) is 1.52. The van der Waals surface area contributed by atoms with Crippen LogP contribution in [0.15, 0.2) is 36.5 Å². The Morgan fingerprint density at radius 2 is 1.94 bits per heavy atom. The monoisotopic (exact) mass is 235 g/mol. The predicted octanol–water partition coefficient (Wildman–Crippen LogP) is 2.00. The van der Waals surface area contributed by atoms with E-state index in [-0.39, 0.29) is 0 Å². The van der Waals surface area contributed by atoms with Gasteiger partial charge in [-0.05, 0) is 19.1 Å². The van der Waals surface area contributed by atoms with E-state index in [1.54, 1.807) is 17.8 Å². The molecule has 0 fully saturated rings. The van der Waals surface area contributed by atoms with E-state index in [0.717, 1.165) is 5.69 Å². The van der Waals surface area contributed by atoms with E-state index in [0.29, 0.717) is 22.6 Å². The molecule has 0 aliphatic carbocycles. The Morgan fingerprint density at radius 3 is 2.67 bits per heavy atom. The second kappa shape index (κ2) is 3.93. The number of aromatic nitrogens is 4. The fraction of sp³-hybridized carbons (Fsp3) is 0.0769. The van der Waals surface area contributed by atoms with Gasteiger partial charge in [0.05, 0.1) is 17.3 Å². The molecule has 3 aromatic rings. The summed E-state index contributed by atoms with van der Waals surface area (Å²) < 4.78 is 1.71. The van der Waals surface area contributed by atoms with Crippen molar-refractivity contribution in [1.82, 2.24) is 19.7 Å². The first kappa shape index (κ1) is 10.4. The number of para-hydroxylation sites is 1. The molecular weight excluding hydrogens is 226 g/mol. The topological polar surface area (TPSA) is 67.4 Å². The zero-order valence-corrected chi connectivity index (χ0v) is 9.70. The Balaban J connectivity index is 2.34. The quantitative estimate of drug-likeness (QED) is 0.647. The molecule has 5 nitrogen and oxygen atoms in total. The van der Waals surface area contributed by atoms with Crippen molar-refractivity contribution in [2.24, 2.45) is 0 Å².